The summed E-state index contributed by atoms with van der Waals surface area (Å²) in [5, 5.41) is 7.93. The number of nitrogens with zero attached hydrogens (tertiary/aromatic N) is 1. The SMILES string of the molecule is C=CCNC(=O)CNC(=O)NC1CCCN(c2ccccc2F)C1. The van der Waals surface area contributed by atoms with E-state index >= 15 is 0 Å². The maximum Gasteiger partial charge on any atom is 0.315 e. The predicted molar refractivity (Wildman–Crippen MR) is 91.4 cm³/mol. The van der Waals surface area contributed by atoms with Crippen molar-refractivity contribution < 1.29 is 14.0 Å². The van der Waals surface area contributed by atoms with Gasteiger partial charge in [-0.2, -0.15) is 0 Å². The maximum atomic E-state index is 13.9. The highest BCUT2D eigenvalue weighted by molar-refractivity contribution is 5.84. The van der Waals surface area contributed by atoms with Crippen LogP contribution in [-0.2, 0) is 4.79 Å². The molecule has 7 heteroatoms. The molecule has 1 aromatic carbocycles. The Kier molecular flexibility index (Phi) is 6.60. The quantitative estimate of drug-likeness (QED) is 0.689. The van der Waals surface area contributed by atoms with Gasteiger partial charge in [0.25, 0.3) is 0 Å². The fourth-order valence-electron chi connectivity index (χ4n) is 2.67. The molecule has 3 N–H and O–H groups in total. The largest absolute Gasteiger partial charge is 0.367 e. The van der Waals surface area contributed by atoms with E-state index in [0.717, 1.165) is 19.4 Å². The molecule has 0 aliphatic carbocycles. The number of hydrogen-bond donors (Lipinski definition) is 3. The molecule has 0 saturated carbocycles. The van der Waals surface area contributed by atoms with E-state index in [2.05, 4.69) is 22.5 Å². The van der Waals surface area contributed by atoms with Crippen LogP contribution in [0, 0.1) is 5.82 Å². The third-order valence-electron chi connectivity index (χ3n) is 3.80. The van der Waals surface area contributed by atoms with Crippen LogP contribution in [0.25, 0.3) is 0 Å². The zero-order chi connectivity index (χ0) is 17.4. The number of piperidine rings is 1. The first kappa shape index (κ1) is 17.8. The highest BCUT2D eigenvalue weighted by atomic mass is 19.1. The Hall–Kier alpha value is -2.57. The number of carbonyl (C=O) groups is 2. The molecule has 1 atom stereocenters. The van der Waals surface area contributed by atoms with Crippen LogP contribution in [0.5, 0.6) is 0 Å². The minimum Gasteiger partial charge on any atom is -0.367 e. The molecule has 0 bridgehead atoms. The van der Waals surface area contributed by atoms with E-state index in [0.29, 0.717) is 18.8 Å². The van der Waals surface area contributed by atoms with Gasteiger partial charge in [-0.05, 0) is 25.0 Å². The molecule has 3 amide bonds. The number of carbonyl (C=O) groups excluding carboxylic acids is 2. The molecular formula is C17H23FN4O2. The Bertz CT molecular complexity index is 594. The molecule has 1 aromatic rings. The predicted octanol–water partition coefficient (Wildman–Crippen LogP) is 1.40. The van der Waals surface area contributed by atoms with Crippen molar-refractivity contribution >= 4 is 17.6 Å². The van der Waals surface area contributed by atoms with Crippen molar-refractivity contribution in [2.24, 2.45) is 0 Å². The average molecular weight is 334 g/mol. The number of anilines is 1. The van der Waals surface area contributed by atoms with Crippen molar-refractivity contribution in [1.82, 2.24) is 16.0 Å². The third-order valence-corrected chi connectivity index (χ3v) is 3.80. The number of amides is 3. The molecule has 1 unspecified atom stereocenters. The van der Waals surface area contributed by atoms with Gasteiger partial charge in [0.2, 0.25) is 5.91 Å². The van der Waals surface area contributed by atoms with Crippen molar-refractivity contribution in [3.05, 3.63) is 42.7 Å². The Labute approximate surface area is 141 Å². The lowest BCUT2D eigenvalue weighted by Crippen LogP contribution is -2.52. The normalized spacial score (nSPS) is 17.0. The summed E-state index contributed by atoms with van der Waals surface area (Å²) in [7, 11) is 0. The number of hydrogen-bond acceptors (Lipinski definition) is 3. The van der Waals surface area contributed by atoms with Crippen molar-refractivity contribution in [3.8, 4) is 0 Å². The topological polar surface area (TPSA) is 73.5 Å². The number of benzene rings is 1. The molecule has 130 valence electrons. The van der Waals surface area contributed by atoms with Gasteiger partial charge in [-0.15, -0.1) is 6.58 Å². The van der Waals surface area contributed by atoms with Gasteiger partial charge in [-0.3, -0.25) is 4.79 Å². The van der Waals surface area contributed by atoms with E-state index in [1.54, 1.807) is 24.3 Å². The van der Waals surface area contributed by atoms with Gasteiger partial charge >= 0.3 is 6.03 Å². The van der Waals surface area contributed by atoms with Crippen molar-refractivity contribution in [3.63, 3.8) is 0 Å². The molecule has 1 fully saturated rings. The van der Waals surface area contributed by atoms with Crippen LogP contribution in [0.4, 0.5) is 14.9 Å². The van der Waals surface area contributed by atoms with E-state index in [9.17, 15) is 14.0 Å². The van der Waals surface area contributed by atoms with Gasteiger partial charge in [-0.25, -0.2) is 9.18 Å². The Morgan fingerprint density at radius 1 is 1.33 bits per heavy atom. The Morgan fingerprint density at radius 2 is 2.12 bits per heavy atom. The molecular weight excluding hydrogens is 311 g/mol. The first-order valence-electron chi connectivity index (χ1n) is 8.01. The van der Waals surface area contributed by atoms with Gasteiger partial charge in [0.05, 0.1) is 12.2 Å². The molecule has 1 aliphatic rings. The van der Waals surface area contributed by atoms with E-state index in [4.69, 9.17) is 0 Å². The molecule has 6 nitrogen and oxygen atoms in total. The smallest absolute Gasteiger partial charge is 0.315 e. The summed E-state index contributed by atoms with van der Waals surface area (Å²) in [5.74, 6) is -0.539. The standard InChI is InChI=1S/C17H23FN4O2/c1-2-9-19-16(23)11-20-17(24)21-13-6-5-10-22(12-13)15-8-4-3-7-14(15)18/h2-4,7-8,13H,1,5-6,9-12H2,(H,19,23)(H2,20,21,24). The van der Waals surface area contributed by atoms with Gasteiger partial charge < -0.3 is 20.9 Å². The monoisotopic (exact) mass is 334 g/mol. The minimum atomic E-state index is -0.399. The summed E-state index contributed by atoms with van der Waals surface area (Å²) >= 11 is 0. The van der Waals surface area contributed by atoms with Crippen LogP contribution < -0.4 is 20.9 Å². The average Bonchev–Trinajstić information content (AvgIpc) is 2.59. The van der Waals surface area contributed by atoms with E-state index in [1.165, 1.54) is 6.07 Å². The van der Waals surface area contributed by atoms with Crippen LogP contribution in [0.2, 0.25) is 0 Å². The zero-order valence-electron chi connectivity index (χ0n) is 13.6. The number of urea groups is 1. The fraction of sp³-hybridized carbons (Fsp3) is 0.412. The molecule has 1 saturated heterocycles. The fourth-order valence-corrected chi connectivity index (χ4v) is 2.67. The van der Waals surface area contributed by atoms with Crippen LogP contribution in [0.15, 0.2) is 36.9 Å². The molecule has 24 heavy (non-hydrogen) atoms. The van der Waals surface area contributed by atoms with Crippen LogP contribution in [0.1, 0.15) is 12.8 Å². The van der Waals surface area contributed by atoms with Gasteiger partial charge in [-0.1, -0.05) is 18.2 Å². The molecule has 0 spiro atoms. The summed E-state index contributed by atoms with van der Waals surface area (Å²) in [4.78, 5) is 25.2. The van der Waals surface area contributed by atoms with E-state index in [1.807, 2.05) is 4.90 Å². The van der Waals surface area contributed by atoms with Crippen molar-refractivity contribution in [2.75, 3.05) is 31.1 Å². The summed E-state index contributed by atoms with van der Waals surface area (Å²) in [5.41, 5.74) is 0.549. The molecule has 0 radical (unpaired) electrons. The molecule has 2 rings (SSSR count). The summed E-state index contributed by atoms with van der Waals surface area (Å²) in [6, 6.07) is 6.13. The number of nitrogens with one attached hydrogen (secondary N) is 3. The molecule has 0 aromatic heterocycles. The second-order valence-corrected chi connectivity index (χ2v) is 5.66. The van der Waals surface area contributed by atoms with Crippen LogP contribution in [-0.4, -0.2) is 44.2 Å². The van der Waals surface area contributed by atoms with E-state index < -0.39 is 6.03 Å². The van der Waals surface area contributed by atoms with Gasteiger partial charge in [0.15, 0.2) is 0 Å². The summed E-state index contributed by atoms with van der Waals surface area (Å²) < 4.78 is 13.9. The van der Waals surface area contributed by atoms with Crippen molar-refractivity contribution in [1.29, 1.82) is 0 Å². The van der Waals surface area contributed by atoms with Gasteiger partial charge in [0.1, 0.15) is 5.82 Å². The number of halogens is 1. The lowest BCUT2D eigenvalue weighted by Gasteiger charge is -2.34. The highest BCUT2D eigenvalue weighted by Crippen LogP contribution is 2.22. The van der Waals surface area contributed by atoms with Crippen LogP contribution >= 0.6 is 0 Å². The lowest BCUT2D eigenvalue weighted by atomic mass is 10.0. The first-order valence-corrected chi connectivity index (χ1v) is 8.01. The second-order valence-electron chi connectivity index (χ2n) is 5.66. The summed E-state index contributed by atoms with van der Waals surface area (Å²) in [6.45, 7) is 5.06. The minimum absolute atomic E-state index is 0.0883. The number of rotatable bonds is 6. The Morgan fingerprint density at radius 3 is 2.88 bits per heavy atom. The maximum absolute atomic E-state index is 13.9. The van der Waals surface area contributed by atoms with E-state index in [-0.39, 0.29) is 24.3 Å². The third kappa shape index (κ3) is 5.26. The van der Waals surface area contributed by atoms with Crippen LogP contribution in [0.3, 0.4) is 0 Å². The highest BCUT2D eigenvalue weighted by Gasteiger charge is 2.23. The Balaban J connectivity index is 1.80. The summed E-state index contributed by atoms with van der Waals surface area (Å²) in [6.07, 6.45) is 3.25. The van der Waals surface area contributed by atoms with Gasteiger partial charge in [0, 0.05) is 25.7 Å². The second kappa shape index (κ2) is 8.90. The molecule has 1 heterocycles. The first-order chi connectivity index (χ1) is 11.6. The zero-order valence-corrected chi connectivity index (χ0v) is 13.6. The lowest BCUT2D eigenvalue weighted by molar-refractivity contribution is -0.119. The van der Waals surface area contributed by atoms with Crippen molar-refractivity contribution in [2.45, 2.75) is 18.9 Å². The molecule has 1 aliphatic heterocycles. The number of para-hydroxylation sites is 1.